The molecule has 0 saturated carbocycles. The Bertz CT molecular complexity index is 367. The monoisotopic (exact) mass is 146 g/mol. The first-order valence-corrected chi connectivity index (χ1v) is 3.85. The lowest BCUT2D eigenvalue weighted by Gasteiger charge is -2.05. The summed E-state index contributed by atoms with van der Waals surface area (Å²) in [7, 11) is 0. The van der Waals surface area contributed by atoms with Crippen LogP contribution >= 0.6 is 0 Å². The molecule has 0 saturated heterocycles. The average Bonchev–Trinajstić information content (AvgIpc) is 2.04. The van der Waals surface area contributed by atoms with Crippen LogP contribution in [-0.4, -0.2) is 11.0 Å². The van der Waals surface area contributed by atoms with E-state index in [-0.39, 0.29) is 0 Å². The third-order valence-corrected chi connectivity index (χ3v) is 1.83. The molecule has 11 heavy (non-hydrogen) atoms. The van der Waals surface area contributed by atoms with Crippen molar-refractivity contribution in [2.45, 2.75) is 19.4 Å². The Labute approximate surface area is 65.3 Å². The summed E-state index contributed by atoms with van der Waals surface area (Å²) in [4.78, 5) is 8.66. The minimum absolute atomic E-state index is 0.423. The van der Waals surface area contributed by atoms with Crippen molar-refractivity contribution in [2.75, 3.05) is 0 Å². The van der Waals surface area contributed by atoms with Crippen molar-refractivity contribution in [3.63, 3.8) is 0 Å². The van der Waals surface area contributed by atoms with Gasteiger partial charge in [-0.15, -0.1) is 0 Å². The van der Waals surface area contributed by atoms with E-state index in [0.717, 1.165) is 17.1 Å². The van der Waals surface area contributed by atoms with E-state index in [9.17, 15) is 0 Å². The summed E-state index contributed by atoms with van der Waals surface area (Å²) in [5.41, 5.74) is 0. The number of hydrogen-bond donors (Lipinski definition) is 0. The van der Waals surface area contributed by atoms with E-state index < -0.39 is 0 Å². The van der Waals surface area contributed by atoms with Crippen LogP contribution in [0.5, 0.6) is 0 Å². The van der Waals surface area contributed by atoms with E-state index in [2.05, 4.69) is 23.0 Å². The van der Waals surface area contributed by atoms with Gasteiger partial charge in [-0.3, -0.25) is 9.98 Å². The highest BCUT2D eigenvalue weighted by Crippen LogP contribution is 1.97. The Balaban J connectivity index is 2.73. The molecule has 0 fully saturated rings. The molecule has 2 nitrogen and oxygen atoms in total. The molecule has 1 aromatic rings. The molecule has 1 atom stereocenters. The molecule has 1 aliphatic rings. The van der Waals surface area contributed by atoms with E-state index >= 15 is 0 Å². The van der Waals surface area contributed by atoms with Crippen molar-refractivity contribution in [3.8, 4) is 0 Å². The van der Waals surface area contributed by atoms with Gasteiger partial charge in [0.1, 0.15) is 0 Å². The molecule has 1 unspecified atom stereocenters. The van der Waals surface area contributed by atoms with Crippen molar-refractivity contribution in [1.29, 1.82) is 0 Å². The molecule has 0 N–H and O–H groups in total. The highest BCUT2D eigenvalue weighted by Gasteiger charge is 2.00. The third kappa shape index (κ3) is 1.16. The number of aromatic nitrogens is 1. The van der Waals surface area contributed by atoms with Crippen LogP contribution < -0.4 is 10.7 Å². The van der Waals surface area contributed by atoms with Crippen LogP contribution in [0.1, 0.15) is 13.3 Å². The van der Waals surface area contributed by atoms with Crippen LogP contribution in [0.4, 0.5) is 0 Å². The van der Waals surface area contributed by atoms with Gasteiger partial charge in [0, 0.05) is 6.20 Å². The van der Waals surface area contributed by atoms with Gasteiger partial charge in [-0.2, -0.15) is 0 Å². The lowest BCUT2D eigenvalue weighted by atomic mass is 10.2. The molecular formula is C9H10N2. The van der Waals surface area contributed by atoms with Gasteiger partial charge in [-0.25, -0.2) is 0 Å². The molecule has 2 rings (SSSR count). The number of hydrogen-bond acceptors (Lipinski definition) is 2. The Morgan fingerprint density at radius 3 is 3.36 bits per heavy atom. The Morgan fingerprint density at radius 2 is 2.45 bits per heavy atom. The van der Waals surface area contributed by atoms with Gasteiger partial charge in [0.2, 0.25) is 0 Å². The molecule has 0 aliphatic carbocycles. The highest BCUT2D eigenvalue weighted by molar-refractivity contribution is 5.22. The summed E-state index contributed by atoms with van der Waals surface area (Å²) < 4.78 is 0. The number of pyridine rings is 1. The van der Waals surface area contributed by atoms with Crippen LogP contribution in [-0.2, 0) is 0 Å². The molecule has 1 aromatic heterocycles. The molecule has 2 heteroatoms. The molecule has 1 aliphatic heterocycles. The number of fused-ring (bicyclic) bond motifs is 1. The Morgan fingerprint density at radius 1 is 1.55 bits per heavy atom. The van der Waals surface area contributed by atoms with Gasteiger partial charge >= 0.3 is 0 Å². The maximum atomic E-state index is 4.45. The summed E-state index contributed by atoms with van der Waals surface area (Å²) in [5.74, 6) is 0. The summed E-state index contributed by atoms with van der Waals surface area (Å²) in [6.45, 7) is 2.12. The first kappa shape index (κ1) is 6.53. The van der Waals surface area contributed by atoms with Crippen molar-refractivity contribution < 1.29 is 0 Å². The highest BCUT2D eigenvalue weighted by atomic mass is 14.8. The van der Waals surface area contributed by atoms with Gasteiger partial charge in [0.15, 0.2) is 0 Å². The quantitative estimate of drug-likeness (QED) is 0.516. The maximum Gasteiger partial charge on any atom is 0.0842 e. The molecule has 2 heterocycles. The fourth-order valence-electron chi connectivity index (χ4n) is 1.25. The predicted octanol–water partition coefficient (Wildman–Crippen LogP) is 0.274. The van der Waals surface area contributed by atoms with Crippen LogP contribution in [0.2, 0.25) is 0 Å². The molecule has 0 spiro atoms. The zero-order chi connectivity index (χ0) is 7.68. The largest absolute Gasteiger partial charge is 0.280 e. The van der Waals surface area contributed by atoms with Crippen LogP contribution in [0, 0.1) is 0 Å². The second kappa shape index (κ2) is 2.46. The fourth-order valence-corrected chi connectivity index (χ4v) is 1.25. The Hall–Kier alpha value is -1.18. The van der Waals surface area contributed by atoms with Gasteiger partial charge in [0.05, 0.1) is 16.7 Å². The second-order valence-corrected chi connectivity index (χ2v) is 2.83. The minimum Gasteiger partial charge on any atom is -0.280 e. The predicted molar refractivity (Wildman–Crippen MR) is 43.6 cm³/mol. The molecule has 0 radical (unpaired) electrons. The van der Waals surface area contributed by atoms with Crippen molar-refractivity contribution in [1.82, 2.24) is 4.98 Å². The molecule has 0 bridgehead atoms. The first-order valence-electron chi connectivity index (χ1n) is 3.85. The number of rotatable bonds is 0. The Kier molecular flexibility index (Phi) is 1.46. The molecule has 56 valence electrons. The van der Waals surface area contributed by atoms with E-state index in [1.54, 1.807) is 6.20 Å². The summed E-state index contributed by atoms with van der Waals surface area (Å²) in [6, 6.07) is 4.36. The molecule has 0 amide bonds. The minimum atomic E-state index is 0.423. The van der Waals surface area contributed by atoms with Crippen molar-refractivity contribution >= 4 is 6.08 Å². The van der Waals surface area contributed by atoms with E-state index in [0.29, 0.717) is 6.04 Å². The van der Waals surface area contributed by atoms with Crippen LogP contribution in [0.15, 0.2) is 23.3 Å². The standard InChI is InChI=1S/C9H10N2/c1-7-4-5-8-9(11-7)3-2-6-10-8/h2-3,5-7H,4H2,1H3. The van der Waals surface area contributed by atoms with Crippen LogP contribution in [0.25, 0.3) is 6.08 Å². The van der Waals surface area contributed by atoms with Gasteiger partial charge in [-0.1, -0.05) is 6.08 Å². The number of nitrogens with zero attached hydrogens (tertiary/aromatic N) is 2. The van der Waals surface area contributed by atoms with Crippen LogP contribution in [0.3, 0.4) is 0 Å². The summed E-state index contributed by atoms with van der Waals surface area (Å²) >= 11 is 0. The van der Waals surface area contributed by atoms with Crippen molar-refractivity contribution in [3.05, 3.63) is 29.0 Å². The average molecular weight is 146 g/mol. The topological polar surface area (TPSA) is 25.2 Å². The van der Waals surface area contributed by atoms with E-state index in [1.807, 2.05) is 12.1 Å². The smallest absolute Gasteiger partial charge is 0.0842 e. The second-order valence-electron chi connectivity index (χ2n) is 2.83. The zero-order valence-electron chi connectivity index (χ0n) is 6.49. The van der Waals surface area contributed by atoms with Gasteiger partial charge < -0.3 is 0 Å². The maximum absolute atomic E-state index is 4.45. The lowest BCUT2D eigenvalue weighted by molar-refractivity contribution is 0.732. The lowest BCUT2D eigenvalue weighted by Crippen LogP contribution is -2.32. The molecule has 0 aromatic carbocycles. The van der Waals surface area contributed by atoms with Gasteiger partial charge in [0.25, 0.3) is 0 Å². The first-order chi connectivity index (χ1) is 5.36. The normalized spacial score (nSPS) is 21.4. The summed E-state index contributed by atoms with van der Waals surface area (Å²) in [5, 5.41) is 2.07. The van der Waals surface area contributed by atoms with E-state index in [4.69, 9.17) is 0 Å². The fraction of sp³-hybridized carbons (Fsp3) is 0.333. The summed E-state index contributed by atoms with van der Waals surface area (Å²) in [6.07, 6.45) is 4.97. The van der Waals surface area contributed by atoms with Gasteiger partial charge in [-0.05, 0) is 25.5 Å². The van der Waals surface area contributed by atoms with Crippen molar-refractivity contribution in [2.24, 2.45) is 4.99 Å². The molecular weight excluding hydrogens is 136 g/mol. The zero-order valence-corrected chi connectivity index (χ0v) is 6.49. The van der Waals surface area contributed by atoms with E-state index in [1.165, 1.54) is 0 Å². The third-order valence-electron chi connectivity index (χ3n) is 1.83. The SMILES string of the molecule is CC1CC=c2ncccc2=N1.